The Hall–Kier alpha value is -0.920. The topological polar surface area (TPSA) is 48.7 Å². The van der Waals surface area contributed by atoms with Gasteiger partial charge in [-0.1, -0.05) is 0 Å². The highest BCUT2D eigenvalue weighted by molar-refractivity contribution is 7.11. The predicted octanol–water partition coefficient (Wildman–Crippen LogP) is 1.45. The van der Waals surface area contributed by atoms with Crippen molar-refractivity contribution in [2.75, 3.05) is 0 Å². The van der Waals surface area contributed by atoms with E-state index in [4.69, 9.17) is 5.26 Å². The molecule has 3 nitrogen and oxygen atoms in total. The van der Waals surface area contributed by atoms with Gasteiger partial charge in [-0.15, -0.1) is 11.3 Å². The number of nitriles is 1. The zero-order chi connectivity index (χ0) is 8.97. The van der Waals surface area contributed by atoms with Gasteiger partial charge >= 0.3 is 0 Å². The van der Waals surface area contributed by atoms with Crippen molar-refractivity contribution in [2.24, 2.45) is 0 Å². The number of nitrogens with one attached hydrogen (secondary N) is 1. The number of aryl methyl sites for hydroxylation is 1. The summed E-state index contributed by atoms with van der Waals surface area (Å²) in [7, 11) is 0. The summed E-state index contributed by atoms with van der Waals surface area (Å²) in [5.41, 5.74) is 0. The summed E-state index contributed by atoms with van der Waals surface area (Å²) in [6.45, 7) is 4.55. The van der Waals surface area contributed by atoms with Gasteiger partial charge in [0.15, 0.2) is 0 Å². The lowest BCUT2D eigenvalue weighted by molar-refractivity contribution is 0.647. The summed E-state index contributed by atoms with van der Waals surface area (Å²) in [5.74, 6) is 0. The van der Waals surface area contributed by atoms with Crippen LogP contribution in [-0.2, 0) is 6.54 Å². The fraction of sp³-hybridized carbons (Fsp3) is 0.500. The van der Waals surface area contributed by atoms with Crippen LogP contribution in [0.15, 0.2) is 6.20 Å². The highest BCUT2D eigenvalue weighted by atomic mass is 32.1. The third kappa shape index (κ3) is 2.61. The van der Waals surface area contributed by atoms with E-state index < -0.39 is 0 Å². The molecule has 0 fully saturated rings. The zero-order valence-corrected chi connectivity index (χ0v) is 7.98. The quantitative estimate of drug-likeness (QED) is 0.767. The summed E-state index contributed by atoms with van der Waals surface area (Å²) in [6, 6.07) is 2.02. The molecule has 1 N–H and O–H groups in total. The number of thiazole rings is 1. The number of rotatable bonds is 3. The summed E-state index contributed by atoms with van der Waals surface area (Å²) in [4.78, 5) is 5.29. The molecule has 0 radical (unpaired) electrons. The minimum atomic E-state index is -0.0904. The van der Waals surface area contributed by atoms with Gasteiger partial charge in [0.2, 0.25) is 0 Å². The van der Waals surface area contributed by atoms with Gasteiger partial charge in [-0.3, -0.25) is 5.32 Å². The first-order valence-corrected chi connectivity index (χ1v) is 4.58. The molecule has 1 atom stereocenters. The normalized spacial score (nSPS) is 12.4. The van der Waals surface area contributed by atoms with Crippen LogP contribution in [0.1, 0.15) is 16.8 Å². The first-order valence-electron chi connectivity index (χ1n) is 3.76. The molecule has 0 aliphatic carbocycles. The summed E-state index contributed by atoms with van der Waals surface area (Å²) in [6.07, 6.45) is 1.84. The summed E-state index contributed by atoms with van der Waals surface area (Å²) >= 11 is 1.66. The molecular weight excluding hydrogens is 170 g/mol. The van der Waals surface area contributed by atoms with E-state index in [-0.39, 0.29) is 6.04 Å². The van der Waals surface area contributed by atoms with Crippen molar-refractivity contribution in [1.82, 2.24) is 10.3 Å². The molecule has 1 aromatic heterocycles. The molecule has 1 rings (SSSR count). The van der Waals surface area contributed by atoms with Gasteiger partial charge in [-0.2, -0.15) is 5.26 Å². The van der Waals surface area contributed by atoms with Crippen molar-refractivity contribution in [3.63, 3.8) is 0 Å². The molecular formula is C8H11N3S. The van der Waals surface area contributed by atoms with Crippen LogP contribution in [0.2, 0.25) is 0 Å². The average Bonchev–Trinajstić information content (AvgIpc) is 2.47. The molecule has 1 unspecified atom stereocenters. The fourth-order valence-corrected chi connectivity index (χ4v) is 1.53. The molecule has 0 amide bonds. The van der Waals surface area contributed by atoms with E-state index in [2.05, 4.69) is 16.4 Å². The van der Waals surface area contributed by atoms with E-state index >= 15 is 0 Å². The van der Waals surface area contributed by atoms with Gasteiger partial charge in [0, 0.05) is 17.6 Å². The van der Waals surface area contributed by atoms with Gasteiger partial charge < -0.3 is 0 Å². The van der Waals surface area contributed by atoms with Crippen LogP contribution in [0.3, 0.4) is 0 Å². The van der Waals surface area contributed by atoms with Crippen LogP contribution >= 0.6 is 11.3 Å². The Morgan fingerprint density at radius 1 is 1.83 bits per heavy atom. The third-order valence-corrected chi connectivity index (χ3v) is 2.36. The van der Waals surface area contributed by atoms with Crippen molar-refractivity contribution in [3.05, 3.63) is 16.1 Å². The molecule has 0 spiro atoms. The van der Waals surface area contributed by atoms with E-state index in [0.29, 0.717) is 0 Å². The lowest BCUT2D eigenvalue weighted by Crippen LogP contribution is -2.22. The largest absolute Gasteiger partial charge is 0.297 e. The Morgan fingerprint density at radius 3 is 3.08 bits per heavy atom. The van der Waals surface area contributed by atoms with E-state index in [1.807, 2.05) is 20.0 Å². The Morgan fingerprint density at radius 2 is 2.58 bits per heavy atom. The minimum Gasteiger partial charge on any atom is -0.297 e. The second-order valence-electron chi connectivity index (χ2n) is 2.58. The third-order valence-electron chi connectivity index (χ3n) is 1.45. The van der Waals surface area contributed by atoms with Gasteiger partial charge in [0.1, 0.15) is 0 Å². The Bertz CT molecular complexity index is 287. The molecule has 64 valence electrons. The maximum Gasteiger partial charge on any atom is 0.0927 e. The summed E-state index contributed by atoms with van der Waals surface area (Å²) in [5, 5.41) is 12.6. The molecule has 4 heteroatoms. The van der Waals surface area contributed by atoms with E-state index in [9.17, 15) is 0 Å². The SMILES string of the molecule is Cc1ncc(CNC(C)C#N)s1. The first kappa shape index (κ1) is 9.17. The molecule has 1 aromatic rings. The molecule has 0 bridgehead atoms. The predicted molar refractivity (Wildman–Crippen MR) is 48.8 cm³/mol. The van der Waals surface area contributed by atoms with Crippen LogP contribution in [0, 0.1) is 18.3 Å². The Kier molecular flexibility index (Phi) is 3.20. The summed E-state index contributed by atoms with van der Waals surface area (Å²) < 4.78 is 0. The molecule has 0 saturated carbocycles. The van der Waals surface area contributed by atoms with Gasteiger partial charge in [-0.25, -0.2) is 4.98 Å². The van der Waals surface area contributed by atoms with Crippen molar-refractivity contribution >= 4 is 11.3 Å². The maximum atomic E-state index is 8.49. The lowest BCUT2D eigenvalue weighted by Gasteiger charge is -2.01. The minimum absolute atomic E-state index is 0.0904. The first-order chi connectivity index (χ1) is 5.72. The molecule has 12 heavy (non-hydrogen) atoms. The second-order valence-corrected chi connectivity index (χ2v) is 3.90. The van der Waals surface area contributed by atoms with E-state index in [1.165, 1.54) is 4.88 Å². The van der Waals surface area contributed by atoms with Gasteiger partial charge in [0.25, 0.3) is 0 Å². The highest BCUT2D eigenvalue weighted by Crippen LogP contribution is 2.10. The molecule has 0 aromatic carbocycles. The van der Waals surface area contributed by atoms with Crippen molar-refractivity contribution in [2.45, 2.75) is 26.4 Å². The molecule has 0 aliphatic rings. The maximum absolute atomic E-state index is 8.49. The number of nitrogens with zero attached hydrogens (tertiary/aromatic N) is 2. The van der Waals surface area contributed by atoms with Crippen molar-refractivity contribution in [3.8, 4) is 6.07 Å². The van der Waals surface area contributed by atoms with Crippen molar-refractivity contribution < 1.29 is 0 Å². The van der Waals surface area contributed by atoms with Crippen molar-refractivity contribution in [1.29, 1.82) is 5.26 Å². The lowest BCUT2D eigenvalue weighted by atomic mass is 10.4. The van der Waals surface area contributed by atoms with E-state index in [0.717, 1.165) is 11.6 Å². The Balaban J connectivity index is 2.39. The zero-order valence-electron chi connectivity index (χ0n) is 7.16. The number of hydrogen-bond acceptors (Lipinski definition) is 4. The van der Waals surface area contributed by atoms with Crippen LogP contribution < -0.4 is 5.32 Å². The Labute approximate surface area is 76.1 Å². The van der Waals surface area contributed by atoms with Crippen LogP contribution in [-0.4, -0.2) is 11.0 Å². The number of hydrogen-bond donors (Lipinski definition) is 1. The van der Waals surface area contributed by atoms with Gasteiger partial charge in [0.05, 0.1) is 17.1 Å². The standard InChI is InChI=1S/C8H11N3S/c1-6(3-9)10-4-8-5-11-7(2)12-8/h5-6,10H,4H2,1-2H3. The van der Waals surface area contributed by atoms with Crippen LogP contribution in [0.5, 0.6) is 0 Å². The molecule has 1 heterocycles. The second kappa shape index (κ2) is 4.19. The molecule has 0 saturated heterocycles. The van der Waals surface area contributed by atoms with E-state index in [1.54, 1.807) is 11.3 Å². The smallest absolute Gasteiger partial charge is 0.0927 e. The van der Waals surface area contributed by atoms with Gasteiger partial charge in [-0.05, 0) is 13.8 Å². The van der Waals surface area contributed by atoms with Crippen LogP contribution in [0.25, 0.3) is 0 Å². The average molecular weight is 181 g/mol. The number of aromatic nitrogens is 1. The fourth-order valence-electron chi connectivity index (χ4n) is 0.786. The molecule has 0 aliphatic heterocycles. The monoisotopic (exact) mass is 181 g/mol. The highest BCUT2D eigenvalue weighted by Gasteiger charge is 2.00. The van der Waals surface area contributed by atoms with Crippen LogP contribution in [0.4, 0.5) is 0 Å².